The Balaban J connectivity index is 0.000000637. The summed E-state index contributed by atoms with van der Waals surface area (Å²) in [6, 6.07) is 15.7. The molecule has 0 aliphatic rings. The molecule has 3 rings (SSSR count). The number of benzene rings is 1. The van der Waals surface area contributed by atoms with Gasteiger partial charge in [0.05, 0.1) is 9.99 Å². The lowest BCUT2D eigenvalue weighted by Gasteiger charge is -1.95. The van der Waals surface area contributed by atoms with Crippen LogP contribution in [0.4, 0.5) is 0 Å². The van der Waals surface area contributed by atoms with Crippen LogP contribution in [0.15, 0.2) is 53.0 Å². The Hall–Kier alpha value is -1.32. The van der Waals surface area contributed by atoms with Gasteiger partial charge in [-0.05, 0) is 28.1 Å². The van der Waals surface area contributed by atoms with Crippen LogP contribution < -0.4 is 0 Å². The number of rotatable bonds is 1. The molecule has 0 aliphatic carbocycles. The molecule has 98 valence electrons. The molecular formula is C15H14BrClN2. The van der Waals surface area contributed by atoms with Gasteiger partial charge >= 0.3 is 0 Å². The molecule has 0 spiro atoms. The van der Waals surface area contributed by atoms with Crippen LogP contribution in [-0.2, 0) is 0 Å². The van der Waals surface area contributed by atoms with Gasteiger partial charge in [-0.3, -0.25) is 0 Å². The van der Waals surface area contributed by atoms with Gasteiger partial charge in [0.2, 0.25) is 0 Å². The topological polar surface area (TPSA) is 17.3 Å². The normalized spacial score (nSPS) is 10.1. The monoisotopic (exact) mass is 336 g/mol. The van der Waals surface area contributed by atoms with Gasteiger partial charge in [0.1, 0.15) is 10.8 Å². The Labute approximate surface area is 126 Å². The van der Waals surface area contributed by atoms with Crippen molar-refractivity contribution >= 4 is 33.0 Å². The molecule has 2 nitrogen and oxygen atoms in total. The third kappa shape index (κ3) is 2.67. The van der Waals surface area contributed by atoms with Crippen molar-refractivity contribution in [3.63, 3.8) is 0 Å². The first kappa shape index (κ1) is 14.1. The number of halogens is 2. The standard InChI is InChI=1S/C13H8BrClN2.C2H6/c14-12-10-7-4-8-11(15)17(10)16-13(12)9-5-2-1-3-6-9;1-2/h1-8H;1-2H3. The van der Waals surface area contributed by atoms with E-state index in [1.54, 1.807) is 4.52 Å². The van der Waals surface area contributed by atoms with E-state index in [4.69, 9.17) is 11.6 Å². The fraction of sp³-hybridized carbons (Fsp3) is 0.133. The molecule has 0 radical (unpaired) electrons. The summed E-state index contributed by atoms with van der Waals surface area (Å²) < 4.78 is 2.69. The zero-order chi connectivity index (χ0) is 13.8. The smallest absolute Gasteiger partial charge is 0.131 e. The van der Waals surface area contributed by atoms with E-state index in [0.717, 1.165) is 21.2 Å². The van der Waals surface area contributed by atoms with E-state index < -0.39 is 0 Å². The predicted octanol–water partition coefficient (Wildman–Crippen LogP) is 5.44. The second kappa shape index (κ2) is 6.22. The highest BCUT2D eigenvalue weighted by Crippen LogP contribution is 2.32. The Morgan fingerprint density at radius 2 is 1.68 bits per heavy atom. The Kier molecular flexibility index (Phi) is 4.61. The molecule has 0 fully saturated rings. The number of fused-ring (bicyclic) bond motifs is 1. The summed E-state index contributed by atoms with van der Waals surface area (Å²) >= 11 is 9.69. The minimum absolute atomic E-state index is 0.602. The highest BCUT2D eigenvalue weighted by Gasteiger charge is 2.12. The largest absolute Gasteiger partial charge is 0.220 e. The van der Waals surface area contributed by atoms with E-state index in [1.807, 2.05) is 62.4 Å². The van der Waals surface area contributed by atoms with Gasteiger partial charge in [-0.2, -0.15) is 5.10 Å². The van der Waals surface area contributed by atoms with E-state index in [2.05, 4.69) is 21.0 Å². The van der Waals surface area contributed by atoms with Crippen LogP contribution >= 0.6 is 27.5 Å². The minimum Gasteiger partial charge on any atom is -0.220 e. The second-order valence-electron chi connectivity index (χ2n) is 3.67. The van der Waals surface area contributed by atoms with Crippen molar-refractivity contribution in [2.45, 2.75) is 13.8 Å². The summed E-state index contributed by atoms with van der Waals surface area (Å²) in [7, 11) is 0. The molecule has 0 bridgehead atoms. The van der Waals surface area contributed by atoms with E-state index >= 15 is 0 Å². The maximum atomic E-state index is 6.11. The fourth-order valence-corrected chi connectivity index (χ4v) is 2.60. The molecule has 1 aromatic carbocycles. The predicted molar refractivity (Wildman–Crippen MR) is 84.7 cm³/mol. The van der Waals surface area contributed by atoms with Crippen LogP contribution in [-0.4, -0.2) is 9.61 Å². The van der Waals surface area contributed by atoms with Gasteiger partial charge in [0.25, 0.3) is 0 Å². The maximum Gasteiger partial charge on any atom is 0.131 e. The Morgan fingerprint density at radius 1 is 1.00 bits per heavy atom. The fourth-order valence-electron chi connectivity index (χ4n) is 1.79. The molecule has 0 saturated heterocycles. The van der Waals surface area contributed by atoms with Crippen molar-refractivity contribution in [3.8, 4) is 11.3 Å². The minimum atomic E-state index is 0.602. The van der Waals surface area contributed by atoms with Crippen molar-refractivity contribution in [3.05, 3.63) is 58.2 Å². The van der Waals surface area contributed by atoms with Crippen LogP contribution in [0.1, 0.15) is 13.8 Å². The molecule has 4 heteroatoms. The summed E-state index contributed by atoms with van der Waals surface area (Å²) in [5.41, 5.74) is 2.94. The molecule has 0 amide bonds. The van der Waals surface area contributed by atoms with Crippen molar-refractivity contribution < 1.29 is 0 Å². The number of hydrogen-bond donors (Lipinski definition) is 0. The first-order valence-corrected chi connectivity index (χ1v) is 7.32. The first-order chi connectivity index (χ1) is 9.27. The third-order valence-electron chi connectivity index (χ3n) is 2.60. The van der Waals surface area contributed by atoms with Crippen molar-refractivity contribution in [2.75, 3.05) is 0 Å². The summed E-state index contributed by atoms with van der Waals surface area (Å²) in [6.45, 7) is 4.00. The van der Waals surface area contributed by atoms with E-state index in [9.17, 15) is 0 Å². The highest BCUT2D eigenvalue weighted by atomic mass is 79.9. The summed E-state index contributed by atoms with van der Waals surface area (Å²) in [4.78, 5) is 0. The van der Waals surface area contributed by atoms with Crippen LogP contribution in [0.3, 0.4) is 0 Å². The highest BCUT2D eigenvalue weighted by molar-refractivity contribution is 9.10. The van der Waals surface area contributed by atoms with Crippen LogP contribution in [0.5, 0.6) is 0 Å². The van der Waals surface area contributed by atoms with Crippen molar-refractivity contribution in [2.24, 2.45) is 0 Å². The second-order valence-corrected chi connectivity index (χ2v) is 4.85. The SMILES string of the molecule is CC.Clc1cccc2c(Br)c(-c3ccccc3)nn12. The lowest BCUT2D eigenvalue weighted by atomic mass is 10.1. The summed E-state index contributed by atoms with van der Waals surface area (Å²) in [6.07, 6.45) is 0. The van der Waals surface area contributed by atoms with Gasteiger partial charge in [-0.25, -0.2) is 4.52 Å². The molecule has 3 aromatic rings. The zero-order valence-corrected chi connectivity index (χ0v) is 13.1. The number of aromatic nitrogens is 2. The Bertz CT molecular complexity index is 677. The van der Waals surface area contributed by atoms with Crippen LogP contribution in [0.2, 0.25) is 5.15 Å². The van der Waals surface area contributed by atoms with E-state index in [0.29, 0.717) is 5.15 Å². The van der Waals surface area contributed by atoms with Gasteiger partial charge in [0.15, 0.2) is 0 Å². The molecule has 0 atom stereocenters. The third-order valence-corrected chi connectivity index (χ3v) is 3.67. The molecule has 2 heterocycles. The van der Waals surface area contributed by atoms with Crippen LogP contribution in [0.25, 0.3) is 16.8 Å². The molecular weight excluding hydrogens is 324 g/mol. The molecule has 19 heavy (non-hydrogen) atoms. The maximum absolute atomic E-state index is 6.11. The molecule has 0 N–H and O–H groups in total. The van der Waals surface area contributed by atoms with Gasteiger partial charge < -0.3 is 0 Å². The average molecular weight is 338 g/mol. The first-order valence-electron chi connectivity index (χ1n) is 6.15. The molecule has 0 unspecified atom stereocenters. The summed E-state index contributed by atoms with van der Waals surface area (Å²) in [5, 5.41) is 5.12. The van der Waals surface area contributed by atoms with Gasteiger partial charge in [-0.15, -0.1) is 0 Å². The van der Waals surface area contributed by atoms with Gasteiger partial charge in [-0.1, -0.05) is 61.8 Å². The van der Waals surface area contributed by atoms with Crippen molar-refractivity contribution in [1.82, 2.24) is 9.61 Å². The summed E-state index contributed by atoms with van der Waals surface area (Å²) in [5.74, 6) is 0. The van der Waals surface area contributed by atoms with Crippen molar-refractivity contribution in [1.29, 1.82) is 0 Å². The molecule has 0 aliphatic heterocycles. The lowest BCUT2D eigenvalue weighted by Crippen LogP contribution is -1.88. The molecule has 0 saturated carbocycles. The average Bonchev–Trinajstić information content (AvgIpc) is 2.81. The zero-order valence-electron chi connectivity index (χ0n) is 10.8. The Morgan fingerprint density at radius 3 is 2.32 bits per heavy atom. The van der Waals surface area contributed by atoms with E-state index in [1.165, 1.54) is 0 Å². The van der Waals surface area contributed by atoms with Gasteiger partial charge in [0, 0.05) is 5.56 Å². The molecule has 2 aromatic heterocycles. The number of nitrogens with zero attached hydrogens (tertiary/aromatic N) is 2. The number of hydrogen-bond acceptors (Lipinski definition) is 1. The van der Waals surface area contributed by atoms with Crippen LogP contribution in [0, 0.1) is 0 Å². The quantitative estimate of drug-likeness (QED) is 0.540. The van der Waals surface area contributed by atoms with E-state index in [-0.39, 0.29) is 0 Å². The lowest BCUT2D eigenvalue weighted by molar-refractivity contribution is 0.966. The number of pyridine rings is 1.